The second-order valence-corrected chi connectivity index (χ2v) is 4.86. The van der Waals surface area contributed by atoms with E-state index in [9.17, 15) is 4.79 Å². The number of nitrogens with two attached hydrogens (primary N) is 1. The van der Waals surface area contributed by atoms with Crippen molar-refractivity contribution in [2.75, 3.05) is 17.6 Å². The number of Topliss-reactive ketones (excluding diaryl/α,β-unsaturated/α-hetero) is 1. The number of rotatable bonds is 4. The molecule has 1 heterocycles. The normalized spacial score (nSPS) is 9.95. The molecule has 0 bridgehead atoms. The van der Waals surface area contributed by atoms with Gasteiger partial charge in [-0.15, -0.1) is 0 Å². The maximum absolute atomic E-state index is 11.9. The predicted octanol–water partition coefficient (Wildman–Crippen LogP) is 1.88. The molecule has 1 aromatic carbocycles. The van der Waals surface area contributed by atoms with Crippen LogP contribution in [0, 0.1) is 0 Å². The minimum atomic E-state index is -0.196. The molecule has 0 saturated carbocycles. The van der Waals surface area contributed by atoms with Crippen molar-refractivity contribution in [3.8, 4) is 0 Å². The molecule has 8 heteroatoms. The summed E-state index contributed by atoms with van der Waals surface area (Å²) < 4.78 is 0. The Kier molecular flexibility index (Phi) is 5.02. The first kappa shape index (κ1) is 15.1. The van der Waals surface area contributed by atoms with Crippen LogP contribution in [0.1, 0.15) is 10.4 Å². The van der Waals surface area contributed by atoms with E-state index in [2.05, 4.69) is 20.6 Å². The van der Waals surface area contributed by atoms with Crippen molar-refractivity contribution in [3.05, 3.63) is 47.2 Å². The van der Waals surface area contributed by atoms with Gasteiger partial charge in [0.2, 0.25) is 5.95 Å². The summed E-state index contributed by atoms with van der Waals surface area (Å²) in [7, 11) is 0. The van der Waals surface area contributed by atoms with Gasteiger partial charge in [-0.25, -0.2) is 9.97 Å². The molecular formula is C13H12ClN5OS. The van der Waals surface area contributed by atoms with Crippen LogP contribution in [0.15, 0.2) is 36.7 Å². The number of hydrogen-bond acceptors (Lipinski definition) is 5. The molecule has 6 nitrogen and oxygen atoms in total. The minimum absolute atomic E-state index is 0.0174. The first-order valence-electron chi connectivity index (χ1n) is 5.96. The summed E-state index contributed by atoms with van der Waals surface area (Å²) in [5, 5.41) is 6.55. The number of nitrogens with one attached hydrogen (secondary N) is 2. The predicted molar refractivity (Wildman–Crippen MR) is 86.5 cm³/mol. The molecule has 0 amide bonds. The monoisotopic (exact) mass is 321 g/mol. The molecule has 0 atom stereocenters. The largest absolute Gasteiger partial charge is 0.368 e. The summed E-state index contributed by atoms with van der Waals surface area (Å²) in [6.07, 6.45) is 2.74. The van der Waals surface area contributed by atoms with Crippen LogP contribution in [0.4, 0.5) is 11.6 Å². The number of anilines is 2. The van der Waals surface area contributed by atoms with Gasteiger partial charge in [0.1, 0.15) is 0 Å². The van der Waals surface area contributed by atoms with Gasteiger partial charge in [0.25, 0.3) is 0 Å². The second-order valence-electron chi connectivity index (χ2n) is 4.04. The minimum Gasteiger partial charge on any atom is -0.368 e. The van der Waals surface area contributed by atoms with Crippen LogP contribution < -0.4 is 16.4 Å². The Labute approximate surface area is 131 Å². The number of carbonyl (C=O) groups is 1. The molecule has 4 N–H and O–H groups in total. The van der Waals surface area contributed by atoms with Crippen molar-refractivity contribution in [1.29, 1.82) is 0 Å². The highest BCUT2D eigenvalue weighted by Crippen LogP contribution is 2.20. The SMILES string of the molecule is Nc1ncc(C(=O)CNC(=S)Nc2ccccc2Cl)cn1. The molecule has 21 heavy (non-hydrogen) atoms. The molecular weight excluding hydrogens is 310 g/mol. The number of aromatic nitrogens is 2. The molecule has 0 saturated heterocycles. The summed E-state index contributed by atoms with van der Waals surface area (Å²) in [5.41, 5.74) is 6.38. The number of para-hydroxylation sites is 1. The summed E-state index contributed by atoms with van der Waals surface area (Å²) in [6.45, 7) is 0.0174. The summed E-state index contributed by atoms with van der Waals surface area (Å²) >= 11 is 11.1. The van der Waals surface area contributed by atoms with E-state index in [4.69, 9.17) is 29.6 Å². The molecule has 2 rings (SSSR count). The Morgan fingerprint density at radius 3 is 2.62 bits per heavy atom. The highest BCUT2D eigenvalue weighted by molar-refractivity contribution is 7.80. The zero-order chi connectivity index (χ0) is 15.2. The molecule has 0 unspecified atom stereocenters. The number of thiocarbonyl (C=S) groups is 1. The lowest BCUT2D eigenvalue weighted by Gasteiger charge is -2.11. The molecule has 108 valence electrons. The maximum atomic E-state index is 11.9. The fraction of sp³-hybridized carbons (Fsp3) is 0.0769. The van der Waals surface area contributed by atoms with E-state index in [-0.39, 0.29) is 18.3 Å². The molecule has 0 fully saturated rings. The quantitative estimate of drug-likeness (QED) is 0.585. The molecule has 0 aliphatic rings. The van der Waals surface area contributed by atoms with Crippen molar-refractivity contribution in [1.82, 2.24) is 15.3 Å². The van der Waals surface area contributed by atoms with Crippen molar-refractivity contribution >= 4 is 46.4 Å². The highest BCUT2D eigenvalue weighted by atomic mass is 35.5. The number of ketones is 1. The molecule has 0 aliphatic carbocycles. The third-order valence-electron chi connectivity index (χ3n) is 2.53. The van der Waals surface area contributed by atoms with Gasteiger partial charge in [-0.2, -0.15) is 0 Å². The van der Waals surface area contributed by atoms with Crippen molar-refractivity contribution in [3.63, 3.8) is 0 Å². The lowest BCUT2D eigenvalue weighted by atomic mass is 10.2. The van der Waals surface area contributed by atoms with E-state index in [1.807, 2.05) is 12.1 Å². The molecule has 1 aromatic heterocycles. The van der Waals surface area contributed by atoms with Gasteiger partial charge in [0.05, 0.1) is 22.8 Å². The Balaban J connectivity index is 1.88. The van der Waals surface area contributed by atoms with E-state index in [1.54, 1.807) is 12.1 Å². The lowest BCUT2D eigenvalue weighted by Crippen LogP contribution is -2.33. The Bertz CT molecular complexity index is 662. The van der Waals surface area contributed by atoms with Gasteiger partial charge in [-0.1, -0.05) is 23.7 Å². The number of hydrogen-bond donors (Lipinski definition) is 3. The number of benzene rings is 1. The van der Waals surface area contributed by atoms with Crippen LogP contribution in [0.2, 0.25) is 5.02 Å². The summed E-state index contributed by atoms with van der Waals surface area (Å²) in [5.74, 6) is -0.0753. The van der Waals surface area contributed by atoms with Crippen LogP contribution in [0.25, 0.3) is 0 Å². The molecule has 0 radical (unpaired) electrons. The van der Waals surface area contributed by atoms with E-state index in [0.29, 0.717) is 21.4 Å². The summed E-state index contributed by atoms with van der Waals surface area (Å²) in [4.78, 5) is 19.4. The molecule has 0 aliphatic heterocycles. The smallest absolute Gasteiger partial charge is 0.219 e. The number of halogens is 1. The van der Waals surface area contributed by atoms with E-state index >= 15 is 0 Å². The maximum Gasteiger partial charge on any atom is 0.219 e. The lowest BCUT2D eigenvalue weighted by molar-refractivity contribution is 0.0996. The molecule has 2 aromatic rings. The van der Waals surface area contributed by atoms with Gasteiger partial charge < -0.3 is 16.4 Å². The van der Waals surface area contributed by atoms with E-state index in [1.165, 1.54) is 12.4 Å². The van der Waals surface area contributed by atoms with Crippen molar-refractivity contribution in [2.24, 2.45) is 0 Å². The Hall–Kier alpha value is -2.25. The zero-order valence-corrected chi connectivity index (χ0v) is 12.4. The van der Waals surface area contributed by atoms with Gasteiger partial charge >= 0.3 is 0 Å². The first-order valence-corrected chi connectivity index (χ1v) is 6.75. The van der Waals surface area contributed by atoms with Crippen LogP contribution in [-0.4, -0.2) is 27.4 Å². The second kappa shape index (κ2) is 6.96. The zero-order valence-electron chi connectivity index (χ0n) is 10.8. The van der Waals surface area contributed by atoms with Gasteiger partial charge in [-0.05, 0) is 24.4 Å². The Morgan fingerprint density at radius 1 is 1.29 bits per heavy atom. The average Bonchev–Trinajstić information content (AvgIpc) is 2.48. The van der Waals surface area contributed by atoms with Crippen LogP contribution in [0.3, 0.4) is 0 Å². The third-order valence-corrected chi connectivity index (χ3v) is 3.10. The topological polar surface area (TPSA) is 92.9 Å². The standard InChI is InChI=1S/C13H12ClN5OS/c14-9-3-1-2-4-10(9)19-13(21)18-7-11(20)8-5-16-12(15)17-6-8/h1-6H,7H2,(H2,15,16,17)(H2,18,19,21). The van der Waals surface area contributed by atoms with Crippen LogP contribution in [-0.2, 0) is 0 Å². The highest BCUT2D eigenvalue weighted by Gasteiger charge is 2.08. The number of nitrogen functional groups attached to an aromatic ring is 1. The van der Waals surface area contributed by atoms with E-state index in [0.717, 1.165) is 0 Å². The first-order chi connectivity index (χ1) is 10.1. The molecule has 0 spiro atoms. The average molecular weight is 322 g/mol. The van der Waals surface area contributed by atoms with Gasteiger partial charge in [0, 0.05) is 12.4 Å². The number of carbonyl (C=O) groups excluding carboxylic acids is 1. The fourth-order valence-electron chi connectivity index (χ4n) is 1.47. The van der Waals surface area contributed by atoms with E-state index < -0.39 is 0 Å². The fourth-order valence-corrected chi connectivity index (χ4v) is 1.84. The summed E-state index contributed by atoms with van der Waals surface area (Å²) in [6, 6.07) is 7.16. The van der Waals surface area contributed by atoms with Crippen molar-refractivity contribution < 1.29 is 4.79 Å². The van der Waals surface area contributed by atoms with Crippen molar-refractivity contribution in [2.45, 2.75) is 0 Å². The van der Waals surface area contributed by atoms with Crippen LogP contribution >= 0.6 is 23.8 Å². The van der Waals surface area contributed by atoms with Crippen LogP contribution in [0.5, 0.6) is 0 Å². The Morgan fingerprint density at radius 2 is 1.95 bits per heavy atom. The van der Waals surface area contributed by atoms with Gasteiger partial charge in [0.15, 0.2) is 10.9 Å². The number of nitrogens with zero attached hydrogens (tertiary/aromatic N) is 2. The van der Waals surface area contributed by atoms with Gasteiger partial charge in [-0.3, -0.25) is 4.79 Å². The third kappa shape index (κ3) is 4.37.